The highest BCUT2D eigenvalue weighted by Crippen LogP contribution is 2.22. The summed E-state index contributed by atoms with van der Waals surface area (Å²) in [6.07, 6.45) is 3.08. The van der Waals surface area contributed by atoms with Crippen LogP contribution in [-0.2, 0) is 14.3 Å². The molecule has 1 heterocycles. The van der Waals surface area contributed by atoms with Crippen LogP contribution < -0.4 is 10.2 Å². The van der Waals surface area contributed by atoms with Gasteiger partial charge in [-0.25, -0.2) is 0 Å². The van der Waals surface area contributed by atoms with Crippen LogP contribution >= 0.6 is 0 Å². The molecule has 1 aliphatic heterocycles. The minimum absolute atomic E-state index is 0.282. The summed E-state index contributed by atoms with van der Waals surface area (Å²) in [5.74, 6) is -1.05. The number of carbonyl (C=O) groups excluding carboxylic acids is 2. The molecule has 5 nitrogen and oxygen atoms in total. The first kappa shape index (κ1) is 19.0. The summed E-state index contributed by atoms with van der Waals surface area (Å²) < 4.78 is 5.23. The van der Waals surface area contributed by atoms with Crippen molar-refractivity contribution in [2.45, 2.75) is 32.1 Å². The van der Waals surface area contributed by atoms with Gasteiger partial charge in [-0.1, -0.05) is 37.3 Å². The minimum Gasteiger partial charge on any atom is -0.455 e. The smallest absolute Gasteiger partial charge is 0.313 e. The van der Waals surface area contributed by atoms with Crippen molar-refractivity contribution < 1.29 is 14.3 Å². The Kier molecular flexibility index (Phi) is 6.47. The fourth-order valence-corrected chi connectivity index (χ4v) is 3.39. The van der Waals surface area contributed by atoms with Gasteiger partial charge in [-0.05, 0) is 49.1 Å². The summed E-state index contributed by atoms with van der Waals surface area (Å²) in [5.41, 5.74) is 2.78. The zero-order chi connectivity index (χ0) is 19.1. The summed E-state index contributed by atoms with van der Waals surface area (Å²) in [5, 5.41) is 2.78. The van der Waals surface area contributed by atoms with Crippen molar-refractivity contribution in [3.63, 3.8) is 0 Å². The molecule has 0 aliphatic carbocycles. The molecule has 0 aromatic heterocycles. The molecule has 0 saturated carbocycles. The number of nitrogens with one attached hydrogen (secondary N) is 1. The first-order valence-electron chi connectivity index (χ1n) is 9.54. The first-order chi connectivity index (χ1) is 13.2. The van der Waals surface area contributed by atoms with Crippen molar-refractivity contribution >= 4 is 23.3 Å². The van der Waals surface area contributed by atoms with E-state index >= 15 is 0 Å². The van der Waals surface area contributed by atoms with E-state index in [1.165, 1.54) is 18.5 Å². The van der Waals surface area contributed by atoms with Gasteiger partial charge < -0.3 is 15.0 Å². The number of hydrogen-bond donors (Lipinski definition) is 1. The molecule has 2 aromatic carbocycles. The van der Waals surface area contributed by atoms with Gasteiger partial charge in [0, 0.05) is 24.5 Å². The van der Waals surface area contributed by atoms with E-state index in [-0.39, 0.29) is 24.4 Å². The third kappa shape index (κ3) is 5.09. The van der Waals surface area contributed by atoms with E-state index in [0.29, 0.717) is 12.1 Å². The Morgan fingerprint density at radius 3 is 2.33 bits per heavy atom. The monoisotopic (exact) mass is 366 g/mol. The minimum atomic E-state index is -0.372. The summed E-state index contributed by atoms with van der Waals surface area (Å²) in [4.78, 5) is 26.8. The van der Waals surface area contributed by atoms with Gasteiger partial charge in [0.15, 0.2) is 6.61 Å². The third-order valence-electron chi connectivity index (χ3n) is 4.86. The second kappa shape index (κ2) is 9.21. The fraction of sp³-hybridized carbons (Fsp3) is 0.364. The predicted octanol–water partition coefficient (Wildman–Crippen LogP) is 3.96. The Labute approximate surface area is 160 Å². The van der Waals surface area contributed by atoms with Gasteiger partial charge in [0.2, 0.25) is 0 Å². The molecule has 0 bridgehead atoms. The van der Waals surface area contributed by atoms with Crippen molar-refractivity contribution in [3.8, 4) is 0 Å². The van der Waals surface area contributed by atoms with Crippen LogP contribution in [0.1, 0.15) is 37.7 Å². The first-order valence-corrected chi connectivity index (χ1v) is 9.54. The average molecular weight is 366 g/mol. The lowest BCUT2D eigenvalue weighted by Crippen LogP contribution is -2.24. The Bertz CT molecular complexity index is 753. The number of anilines is 2. The number of ether oxygens (including phenoxy) is 1. The van der Waals surface area contributed by atoms with E-state index in [1.807, 2.05) is 61.5 Å². The fourth-order valence-electron chi connectivity index (χ4n) is 3.39. The van der Waals surface area contributed by atoms with Crippen LogP contribution in [0, 0.1) is 0 Å². The standard InChI is InChI=1S/C22H26N2O3/c1-2-20(17-8-4-3-5-9-17)22(26)27-16-21(25)23-18-10-12-19(13-11-18)24-14-6-7-15-24/h3-5,8-13,20H,2,6-7,14-16H2,1H3,(H,23,25). The van der Waals surface area contributed by atoms with Crippen molar-refractivity contribution in [1.29, 1.82) is 0 Å². The van der Waals surface area contributed by atoms with Gasteiger partial charge in [0.05, 0.1) is 5.92 Å². The molecule has 1 saturated heterocycles. The molecule has 142 valence electrons. The number of benzene rings is 2. The summed E-state index contributed by atoms with van der Waals surface area (Å²) in [6, 6.07) is 17.3. The summed E-state index contributed by atoms with van der Waals surface area (Å²) in [7, 11) is 0. The molecule has 1 aliphatic rings. The van der Waals surface area contributed by atoms with E-state index in [9.17, 15) is 9.59 Å². The second-order valence-electron chi connectivity index (χ2n) is 6.77. The molecule has 5 heteroatoms. The lowest BCUT2D eigenvalue weighted by atomic mass is 9.97. The zero-order valence-corrected chi connectivity index (χ0v) is 15.7. The SMILES string of the molecule is CCC(C(=O)OCC(=O)Nc1ccc(N2CCCC2)cc1)c1ccccc1. The van der Waals surface area contributed by atoms with Gasteiger partial charge in [-0.2, -0.15) is 0 Å². The molecule has 1 unspecified atom stereocenters. The van der Waals surface area contributed by atoms with Crippen LogP contribution in [-0.4, -0.2) is 31.6 Å². The highest BCUT2D eigenvalue weighted by Gasteiger charge is 2.21. The molecule has 27 heavy (non-hydrogen) atoms. The quantitative estimate of drug-likeness (QED) is 0.754. The lowest BCUT2D eigenvalue weighted by Gasteiger charge is -2.18. The van der Waals surface area contributed by atoms with Gasteiger partial charge in [-0.15, -0.1) is 0 Å². The van der Waals surface area contributed by atoms with Crippen LogP contribution in [0.4, 0.5) is 11.4 Å². The van der Waals surface area contributed by atoms with Crippen molar-refractivity contribution in [3.05, 3.63) is 60.2 Å². The normalized spacial score (nSPS) is 14.6. The maximum absolute atomic E-state index is 12.3. The summed E-state index contributed by atoms with van der Waals surface area (Å²) in [6.45, 7) is 3.82. The van der Waals surface area contributed by atoms with Crippen molar-refractivity contribution in [2.75, 3.05) is 29.9 Å². The van der Waals surface area contributed by atoms with Gasteiger partial charge in [-0.3, -0.25) is 9.59 Å². The molecule has 1 N–H and O–H groups in total. The van der Waals surface area contributed by atoms with Gasteiger partial charge in [0.25, 0.3) is 5.91 Å². The molecule has 0 spiro atoms. The van der Waals surface area contributed by atoms with E-state index in [0.717, 1.165) is 18.7 Å². The van der Waals surface area contributed by atoms with E-state index < -0.39 is 0 Å². The van der Waals surface area contributed by atoms with Crippen molar-refractivity contribution in [1.82, 2.24) is 0 Å². The Morgan fingerprint density at radius 1 is 1.04 bits per heavy atom. The predicted molar refractivity (Wildman–Crippen MR) is 107 cm³/mol. The van der Waals surface area contributed by atoms with Gasteiger partial charge >= 0.3 is 5.97 Å². The molecule has 0 radical (unpaired) electrons. The Hall–Kier alpha value is -2.82. The van der Waals surface area contributed by atoms with E-state index in [2.05, 4.69) is 10.2 Å². The topological polar surface area (TPSA) is 58.6 Å². The number of carbonyl (C=O) groups is 2. The zero-order valence-electron chi connectivity index (χ0n) is 15.7. The molecule has 1 fully saturated rings. The number of esters is 1. The number of hydrogen-bond acceptors (Lipinski definition) is 4. The number of amides is 1. The number of rotatable bonds is 7. The molecule has 3 rings (SSSR count). The largest absolute Gasteiger partial charge is 0.455 e. The molecule has 2 aromatic rings. The highest BCUT2D eigenvalue weighted by atomic mass is 16.5. The van der Waals surface area contributed by atoms with Crippen molar-refractivity contribution in [2.24, 2.45) is 0 Å². The maximum Gasteiger partial charge on any atom is 0.313 e. The molecular weight excluding hydrogens is 340 g/mol. The molecule has 1 amide bonds. The van der Waals surface area contributed by atoms with Crippen LogP contribution in [0.2, 0.25) is 0 Å². The highest BCUT2D eigenvalue weighted by molar-refractivity contribution is 5.93. The average Bonchev–Trinajstić information content (AvgIpc) is 3.23. The Balaban J connectivity index is 1.49. The maximum atomic E-state index is 12.3. The van der Waals surface area contributed by atoms with E-state index in [1.54, 1.807) is 0 Å². The molecular formula is C22H26N2O3. The summed E-state index contributed by atoms with van der Waals surface area (Å²) >= 11 is 0. The Morgan fingerprint density at radius 2 is 1.70 bits per heavy atom. The third-order valence-corrected chi connectivity index (χ3v) is 4.86. The number of nitrogens with zero attached hydrogens (tertiary/aromatic N) is 1. The van der Waals surface area contributed by atoms with Crippen LogP contribution in [0.3, 0.4) is 0 Å². The van der Waals surface area contributed by atoms with Crippen LogP contribution in [0.5, 0.6) is 0 Å². The van der Waals surface area contributed by atoms with Gasteiger partial charge in [0.1, 0.15) is 0 Å². The lowest BCUT2D eigenvalue weighted by molar-refractivity contribution is -0.149. The van der Waals surface area contributed by atoms with E-state index in [4.69, 9.17) is 4.74 Å². The van der Waals surface area contributed by atoms with Crippen LogP contribution in [0.25, 0.3) is 0 Å². The molecule has 1 atom stereocenters. The van der Waals surface area contributed by atoms with Crippen LogP contribution in [0.15, 0.2) is 54.6 Å². The second-order valence-corrected chi connectivity index (χ2v) is 6.77.